The predicted octanol–water partition coefficient (Wildman–Crippen LogP) is 30.7. The Hall–Kier alpha value is -13.4. The van der Waals surface area contributed by atoms with Crippen molar-refractivity contribution in [2.24, 2.45) is 0 Å². The number of hydrogen-bond acceptors (Lipinski definition) is 2. The number of nitrogens with one attached hydrogen (secondary N) is 1. The van der Waals surface area contributed by atoms with Crippen molar-refractivity contribution in [1.29, 1.82) is 0 Å². The van der Waals surface area contributed by atoms with Crippen LogP contribution < -0.4 is 10.2 Å². The van der Waals surface area contributed by atoms with E-state index >= 15 is 0 Å². The Morgan fingerprint density at radius 1 is 0.216 bits per heavy atom. The third-order valence-corrected chi connectivity index (χ3v) is 25.5. The normalized spacial score (nSPS) is 13.8. The van der Waals surface area contributed by atoms with Crippen LogP contribution in [0.25, 0.3) is 88.3 Å². The number of anilines is 5. The van der Waals surface area contributed by atoms with Gasteiger partial charge in [-0.05, 0) is 252 Å². The molecule has 0 bridgehead atoms. The number of hydrogen-bond donors (Lipinski definition) is 1. The standard InChI is InChI=1S/C56H41N.C29H19Br.C27H23N.CH4/c1-55(2)51-24-14-12-22-47(51)49-33-32-46(37-53(49)55)57(44-29-26-39(27-30-44)38-16-6-3-7-17-38)45-31-28-40-35-50-48-23-13-15-25-52(48)56(42-18-8-4-9-19-42,43-20-10-5-11-21-43)54(50)36-41(40)34-45;30-24-16-15-20-18-26-25-13-7-8-14-27(25)29(22-9-3-1-4-10-22,23-11-5-2-6-12-23)28(26)19-21(20)17-24;1-27(2)25-11-7-6-10-23(25)24-17-16-22(18-26(24)27)28-21-14-12-20(13-15-21)19-8-4-3-5-9-19;/h3-37H,1-2H3;1-19H;3-18,28H,1-2H3;1H4. The summed E-state index contributed by atoms with van der Waals surface area (Å²) in [5.41, 5.74) is 36.4. The molecule has 1 N–H and O–H groups in total. The molecule has 22 rings (SSSR count). The van der Waals surface area contributed by atoms with E-state index in [0.29, 0.717) is 0 Å². The summed E-state index contributed by atoms with van der Waals surface area (Å²) in [5.74, 6) is 0. The fourth-order valence-electron chi connectivity index (χ4n) is 19.5. The first-order valence-electron chi connectivity index (χ1n) is 40.0. The summed E-state index contributed by atoms with van der Waals surface area (Å²) in [6.07, 6.45) is 0. The lowest BCUT2D eigenvalue weighted by Crippen LogP contribution is -2.28. The molecule has 18 aromatic carbocycles. The Labute approximate surface area is 690 Å². The lowest BCUT2D eigenvalue weighted by atomic mass is 9.67. The fourth-order valence-corrected chi connectivity index (χ4v) is 19.9. The van der Waals surface area contributed by atoms with Crippen molar-refractivity contribution in [3.8, 4) is 66.8 Å². The van der Waals surface area contributed by atoms with E-state index in [-0.39, 0.29) is 23.7 Å². The van der Waals surface area contributed by atoms with Crippen LogP contribution in [0.5, 0.6) is 0 Å². The van der Waals surface area contributed by atoms with Crippen molar-refractivity contribution in [2.75, 3.05) is 10.2 Å². The van der Waals surface area contributed by atoms with Crippen LogP contribution in [-0.2, 0) is 21.7 Å². The van der Waals surface area contributed by atoms with E-state index in [9.17, 15) is 0 Å². The minimum absolute atomic E-state index is 0. The lowest BCUT2D eigenvalue weighted by Gasteiger charge is -2.34. The zero-order valence-corrected chi connectivity index (χ0v) is 66.3. The first-order chi connectivity index (χ1) is 56.4. The first kappa shape index (κ1) is 72.8. The average Bonchev–Trinajstić information content (AvgIpc) is 1.53. The molecule has 3 heteroatoms. The van der Waals surface area contributed by atoms with Gasteiger partial charge in [0.05, 0.1) is 10.8 Å². The molecule has 0 saturated heterocycles. The number of rotatable bonds is 11. The van der Waals surface area contributed by atoms with E-state index in [1.807, 2.05) is 6.07 Å². The largest absolute Gasteiger partial charge is 0.356 e. The SMILES string of the molecule is Brc1ccc2cc3c(cc2c1)C(c1ccccc1)(c1ccccc1)c1ccccc1-3.C.CC1(C)c2ccccc2-c2ccc(N(c3ccc(-c4ccccc4)cc3)c3ccc4cc5c(cc4c3)C(c3ccccc3)(c3ccccc3)c3ccccc3-5)cc21.CC1(C)c2ccccc2-c2ccc(Nc3ccc(-c4ccccc4)cc3)cc21. The zero-order valence-electron chi connectivity index (χ0n) is 64.7. The van der Waals surface area contributed by atoms with Crippen LogP contribution in [0.2, 0.25) is 0 Å². The second-order valence-electron chi connectivity index (χ2n) is 32.0. The molecule has 116 heavy (non-hydrogen) atoms. The Morgan fingerprint density at radius 3 is 0.991 bits per heavy atom. The van der Waals surface area contributed by atoms with Gasteiger partial charge in [-0.1, -0.05) is 379 Å². The summed E-state index contributed by atoms with van der Waals surface area (Å²) in [6, 6.07) is 155. The smallest absolute Gasteiger partial charge is 0.0713 e. The van der Waals surface area contributed by atoms with Gasteiger partial charge in [0.25, 0.3) is 0 Å². The highest BCUT2D eigenvalue weighted by Crippen LogP contribution is 2.60. The fraction of sp³-hybridized carbons (Fsp3) is 0.0796. The third kappa shape index (κ3) is 12.1. The van der Waals surface area contributed by atoms with Gasteiger partial charge in [-0.3, -0.25) is 0 Å². The molecule has 0 unspecified atom stereocenters. The maximum absolute atomic E-state index is 3.66. The number of benzene rings is 18. The lowest BCUT2D eigenvalue weighted by molar-refractivity contribution is 0.660. The maximum atomic E-state index is 3.66. The molecule has 0 aliphatic heterocycles. The van der Waals surface area contributed by atoms with E-state index in [0.717, 1.165) is 32.9 Å². The van der Waals surface area contributed by atoms with E-state index in [1.54, 1.807) is 0 Å². The summed E-state index contributed by atoms with van der Waals surface area (Å²) in [6.45, 7) is 9.35. The van der Waals surface area contributed by atoms with E-state index < -0.39 is 5.41 Å². The molecule has 556 valence electrons. The summed E-state index contributed by atoms with van der Waals surface area (Å²) >= 11 is 3.66. The monoisotopic (exact) mass is 1550 g/mol. The van der Waals surface area contributed by atoms with Crippen molar-refractivity contribution in [3.05, 3.63) is 496 Å². The van der Waals surface area contributed by atoms with Gasteiger partial charge < -0.3 is 10.2 Å². The van der Waals surface area contributed by atoms with Gasteiger partial charge in [-0.2, -0.15) is 0 Å². The molecular weight excluding hydrogens is 1470 g/mol. The van der Waals surface area contributed by atoms with Crippen LogP contribution >= 0.6 is 15.9 Å². The molecule has 0 heterocycles. The highest BCUT2D eigenvalue weighted by atomic mass is 79.9. The molecule has 0 atom stereocenters. The van der Waals surface area contributed by atoms with E-state index in [2.05, 4.69) is 472 Å². The molecule has 0 amide bonds. The molecule has 0 saturated carbocycles. The topological polar surface area (TPSA) is 15.3 Å². The minimum Gasteiger partial charge on any atom is -0.356 e. The summed E-state index contributed by atoms with van der Waals surface area (Å²) < 4.78 is 1.11. The second kappa shape index (κ2) is 29.5. The van der Waals surface area contributed by atoms with Gasteiger partial charge in [-0.15, -0.1) is 0 Å². The minimum atomic E-state index is -0.452. The Morgan fingerprint density at radius 2 is 0.534 bits per heavy atom. The van der Waals surface area contributed by atoms with Gasteiger partial charge in [0.1, 0.15) is 0 Å². The van der Waals surface area contributed by atoms with Gasteiger partial charge in [0.15, 0.2) is 0 Å². The zero-order chi connectivity index (χ0) is 77.4. The van der Waals surface area contributed by atoms with Crippen LogP contribution in [0.15, 0.2) is 429 Å². The predicted molar refractivity (Wildman–Crippen MR) is 494 cm³/mol. The highest BCUT2D eigenvalue weighted by molar-refractivity contribution is 9.10. The number of halogens is 1. The van der Waals surface area contributed by atoms with Crippen molar-refractivity contribution in [1.82, 2.24) is 0 Å². The second-order valence-corrected chi connectivity index (χ2v) is 32.9. The van der Waals surface area contributed by atoms with E-state index in [4.69, 9.17) is 0 Å². The van der Waals surface area contributed by atoms with E-state index in [1.165, 1.54) is 155 Å². The maximum Gasteiger partial charge on any atom is 0.0713 e. The molecule has 0 spiro atoms. The van der Waals surface area contributed by atoms with Crippen molar-refractivity contribution in [3.63, 3.8) is 0 Å². The van der Waals surface area contributed by atoms with Gasteiger partial charge in [0.2, 0.25) is 0 Å². The molecule has 0 fully saturated rings. The molecule has 2 nitrogen and oxygen atoms in total. The Kier molecular flexibility index (Phi) is 18.5. The molecule has 0 aromatic heterocycles. The summed E-state index contributed by atoms with van der Waals surface area (Å²) in [5, 5.41) is 8.55. The van der Waals surface area contributed by atoms with Crippen LogP contribution in [-0.4, -0.2) is 0 Å². The van der Waals surface area contributed by atoms with Gasteiger partial charge in [-0.25, -0.2) is 0 Å². The quantitative estimate of drug-likeness (QED) is 0.139. The first-order valence-corrected chi connectivity index (χ1v) is 40.8. The number of fused-ring (bicyclic) bond motifs is 14. The van der Waals surface area contributed by atoms with Crippen LogP contribution in [0, 0.1) is 0 Å². The van der Waals surface area contributed by atoms with Gasteiger partial charge >= 0.3 is 0 Å². The molecule has 0 radical (unpaired) electrons. The highest BCUT2D eigenvalue weighted by Gasteiger charge is 2.48. The van der Waals surface area contributed by atoms with Gasteiger partial charge in [0, 0.05) is 43.7 Å². The molecule has 18 aromatic rings. The van der Waals surface area contributed by atoms with Crippen LogP contribution in [0.3, 0.4) is 0 Å². The third-order valence-electron chi connectivity index (χ3n) is 25.0. The number of nitrogens with zero attached hydrogens (tertiary/aromatic N) is 1. The Balaban J connectivity index is 0.000000128. The molecule has 4 aliphatic rings. The molecule has 4 aliphatic carbocycles. The summed E-state index contributed by atoms with van der Waals surface area (Å²) in [7, 11) is 0. The van der Waals surface area contributed by atoms with Crippen molar-refractivity contribution < 1.29 is 0 Å². The summed E-state index contributed by atoms with van der Waals surface area (Å²) in [4.78, 5) is 2.44. The van der Waals surface area contributed by atoms with Crippen molar-refractivity contribution in [2.45, 2.75) is 56.8 Å². The van der Waals surface area contributed by atoms with Crippen LogP contribution in [0.4, 0.5) is 28.4 Å². The average molecular weight is 1550 g/mol. The Bertz CT molecular complexity index is 6630. The van der Waals surface area contributed by atoms with Crippen LogP contribution in [0.1, 0.15) is 102 Å². The molecular formula is C113H87BrN2. The van der Waals surface area contributed by atoms with Crippen molar-refractivity contribution >= 4 is 65.9 Å².